The summed E-state index contributed by atoms with van der Waals surface area (Å²) in [5.41, 5.74) is 1.43. The first kappa shape index (κ1) is 20.6. The summed E-state index contributed by atoms with van der Waals surface area (Å²) in [6.07, 6.45) is -3.22. The second-order valence-electron chi connectivity index (χ2n) is 8.39. The van der Waals surface area contributed by atoms with Gasteiger partial charge in [0.1, 0.15) is 17.4 Å². The Hall–Kier alpha value is -2.67. The molecule has 2 aromatic carbocycles. The maximum Gasteiger partial charge on any atom is 0.344 e. The first-order valence-corrected chi connectivity index (χ1v) is 10.0. The molecule has 0 spiro atoms. The van der Waals surface area contributed by atoms with Crippen LogP contribution in [-0.4, -0.2) is 34.3 Å². The summed E-state index contributed by atoms with van der Waals surface area (Å²) in [6, 6.07) is 14.5. The summed E-state index contributed by atoms with van der Waals surface area (Å²) in [5, 5.41) is 21.5. The van der Waals surface area contributed by atoms with Crippen LogP contribution in [0.1, 0.15) is 26.3 Å². The van der Waals surface area contributed by atoms with Gasteiger partial charge in [0.25, 0.3) is 0 Å². The molecule has 1 aliphatic heterocycles. The van der Waals surface area contributed by atoms with Crippen molar-refractivity contribution in [2.75, 3.05) is 0 Å². The maximum atomic E-state index is 12.7. The number of hydrogen-bond donors (Lipinski definition) is 2. The Labute approximate surface area is 174 Å². The van der Waals surface area contributed by atoms with Crippen molar-refractivity contribution >= 4 is 11.0 Å². The first-order chi connectivity index (χ1) is 14.2. The molecule has 1 aliphatic rings. The number of rotatable bonds is 3. The molecule has 0 bridgehead atoms. The largest absolute Gasteiger partial charge is 0.462 e. The quantitative estimate of drug-likeness (QED) is 0.641. The lowest BCUT2D eigenvalue weighted by molar-refractivity contribution is -0.284. The van der Waals surface area contributed by atoms with Gasteiger partial charge >= 0.3 is 5.63 Å². The molecule has 0 radical (unpaired) electrons. The second kappa shape index (κ2) is 7.54. The zero-order chi connectivity index (χ0) is 21.6. The minimum Gasteiger partial charge on any atom is -0.462 e. The molecule has 3 aromatic rings. The molecule has 0 aliphatic carbocycles. The van der Waals surface area contributed by atoms with Gasteiger partial charge in [-0.05, 0) is 44.0 Å². The average molecular weight is 410 g/mol. The van der Waals surface area contributed by atoms with Crippen LogP contribution in [0.2, 0.25) is 0 Å². The lowest BCUT2D eigenvalue weighted by atomic mass is 9.82. The molecular formula is C24H26O6. The highest BCUT2D eigenvalue weighted by molar-refractivity contribution is 5.87. The van der Waals surface area contributed by atoms with Gasteiger partial charge in [-0.25, -0.2) is 4.79 Å². The summed E-state index contributed by atoms with van der Waals surface area (Å²) >= 11 is 0. The lowest BCUT2D eigenvalue weighted by Crippen LogP contribution is -2.59. The molecule has 4 atom stereocenters. The van der Waals surface area contributed by atoms with Gasteiger partial charge in [-0.3, -0.25) is 0 Å². The van der Waals surface area contributed by atoms with E-state index in [1.807, 2.05) is 64.1 Å². The van der Waals surface area contributed by atoms with Crippen molar-refractivity contribution in [3.8, 4) is 16.9 Å². The van der Waals surface area contributed by atoms with Crippen LogP contribution in [0.4, 0.5) is 0 Å². The molecule has 6 heteroatoms. The molecule has 0 saturated carbocycles. The second-order valence-corrected chi connectivity index (χ2v) is 8.39. The molecule has 6 nitrogen and oxygen atoms in total. The summed E-state index contributed by atoms with van der Waals surface area (Å²) in [6.45, 7) is 7.40. The monoisotopic (exact) mass is 410 g/mol. The average Bonchev–Trinajstić information content (AvgIpc) is 2.71. The number of aliphatic hydroxyl groups is 2. The van der Waals surface area contributed by atoms with Crippen molar-refractivity contribution in [2.24, 2.45) is 5.92 Å². The van der Waals surface area contributed by atoms with Crippen LogP contribution in [0.3, 0.4) is 0 Å². The van der Waals surface area contributed by atoms with Gasteiger partial charge in [-0.1, -0.05) is 37.3 Å². The van der Waals surface area contributed by atoms with Crippen LogP contribution in [0.25, 0.3) is 22.1 Å². The van der Waals surface area contributed by atoms with Gasteiger partial charge in [-0.2, -0.15) is 0 Å². The Kier molecular flexibility index (Phi) is 5.18. The van der Waals surface area contributed by atoms with Gasteiger partial charge in [0, 0.05) is 17.4 Å². The molecule has 30 heavy (non-hydrogen) atoms. The third-order valence-electron chi connectivity index (χ3n) is 6.11. The number of hydrogen-bond acceptors (Lipinski definition) is 6. The number of benzene rings is 2. The predicted octanol–water partition coefficient (Wildman–Crippen LogP) is 3.64. The minimum absolute atomic E-state index is 0.263. The molecule has 1 unspecified atom stereocenters. The smallest absolute Gasteiger partial charge is 0.344 e. The Balaban J connectivity index is 1.69. The van der Waals surface area contributed by atoms with E-state index in [1.165, 1.54) is 0 Å². The zero-order valence-corrected chi connectivity index (χ0v) is 17.5. The molecular weight excluding hydrogens is 384 g/mol. The molecule has 4 rings (SSSR count). The van der Waals surface area contributed by atoms with Crippen molar-refractivity contribution in [1.29, 1.82) is 0 Å². The SMILES string of the molecule is Cc1c(-c2ccccc2)c(=O)oc2cc(OC3OC(C)(C)[C@H](C)[C@H](O)[C@@H]3O)ccc12. The van der Waals surface area contributed by atoms with Gasteiger partial charge in [-0.15, -0.1) is 0 Å². The number of aliphatic hydroxyl groups excluding tert-OH is 2. The Morgan fingerprint density at radius 2 is 1.73 bits per heavy atom. The van der Waals surface area contributed by atoms with Crippen LogP contribution in [0.15, 0.2) is 57.7 Å². The van der Waals surface area contributed by atoms with E-state index in [-0.39, 0.29) is 5.92 Å². The first-order valence-electron chi connectivity index (χ1n) is 10.0. The number of aryl methyl sites for hydroxylation is 1. The fourth-order valence-electron chi connectivity index (χ4n) is 3.92. The Morgan fingerprint density at radius 3 is 2.43 bits per heavy atom. The summed E-state index contributed by atoms with van der Waals surface area (Å²) in [7, 11) is 0. The topological polar surface area (TPSA) is 89.1 Å². The van der Waals surface area contributed by atoms with Crippen molar-refractivity contribution in [3.63, 3.8) is 0 Å². The maximum absolute atomic E-state index is 12.7. The molecule has 2 heterocycles. The third kappa shape index (κ3) is 3.51. The van der Waals surface area contributed by atoms with E-state index in [4.69, 9.17) is 13.9 Å². The normalized spacial score (nSPS) is 25.9. The highest BCUT2D eigenvalue weighted by Crippen LogP contribution is 2.36. The van der Waals surface area contributed by atoms with Crippen LogP contribution in [-0.2, 0) is 4.74 Å². The highest BCUT2D eigenvalue weighted by Gasteiger charge is 2.47. The molecule has 1 aromatic heterocycles. The van der Waals surface area contributed by atoms with Crippen LogP contribution in [0.5, 0.6) is 5.75 Å². The van der Waals surface area contributed by atoms with Crippen molar-refractivity contribution in [1.82, 2.24) is 0 Å². The molecule has 158 valence electrons. The van der Waals surface area contributed by atoms with E-state index in [2.05, 4.69) is 0 Å². The summed E-state index contributed by atoms with van der Waals surface area (Å²) in [4.78, 5) is 12.7. The van der Waals surface area contributed by atoms with E-state index in [0.29, 0.717) is 16.9 Å². The van der Waals surface area contributed by atoms with Crippen molar-refractivity contribution < 1.29 is 24.1 Å². The Bertz CT molecular complexity index is 1120. The van der Waals surface area contributed by atoms with Crippen LogP contribution in [0, 0.1) is 12.8 Å². The highest BCUT2D eigenvalue weighted by atomic mass is 16.7. The lowest BCUT2D eigenvalue weighted by Gasteiger charge is -2.46. The fourth-order valence-corrected chi connectivity index (χ4v) is 3.92. The van der Waals surface area contributed by atoms with E-state index < -0.39 is 29.7 Å². The van der Waals surface area contributed by atoms with Gasteiger partial charge in [0.15, 0.2) is 0 Å². The molecule has 0 amide bonds. The number of fused-ring (bicyclic) bond motifs is 1. The van der Waals surface area contributed by atoms with E-state index in [1.54, 1.807) is 12.1 Å². The van der Waals surface area contributed by atoms with Crippen molar-refractivity contribution in [2.45, 2.75) is 51.8 Å². The van der Waals surface area contributed by atoms with Crippen LogP contribution < -0.4 is 10.4 Å². The Morgan fingerprint density at radius 1 is 1.03 bits per heavy atom. The van der Waals surface area contributed by atoms with Gasteiger partial charge in [0.2, 0.25) is 6.29 Å². The third-order valence-corrected chi connectivity index (χ3v) is 6.11. The number of ether oxygens (including phenoxy) is 2. The molecule has 2 N–H and O–H groups in total. The van der Waals surface area contributed by atoms with Crippen molar-refractivity contribution in [3.05, 3.63) is 64.5 Å². The zero-order valence-electron chi connectivity index (χ0n) is 17.5. The summed E-state index contributed by atoms with van der Waals surface area (Å²) in [5.74, 6) is 0.111. The van der Waals surface area contributed by atoms with E-state index in [0.717, 1.165) is 16.5 Å². The molecule has 1 saturated heterocycles. The van der Waals surface area contributed by atoms with Gasteiger partial charge in [0.05, 0.1) is 17.3 Å². The predicted molar refractivity (Wildman–Crippen MR) is 113 cm³/mol. The molecule has 1 fully saturated rings. The minimum atomic E-state index is -1.20. The van der Waals surface area contributed by atoms with E-state index >= 15 is 0 Å². The fraction of sp³-hybridized carbons (Fsp3) is 0.375. The van der Waals surface area contributed by atoms with Gasteiger partial charge < -0.3 is 24.1 Å². The van der Waals surface area contributed by atoms with Crippen LogP contribution >= 0.6 is 0 Å². The summed E-state index contributed by atoms with van der Waals surface area (Å²) < 4.78 is 17.3. The van der Waals surface area contributed by atoms with E-state index in [9.17, 15) is 15.0 Å². The standard InChI is InChI=1S/C24H26O6/c1-13-17-11-10-16(28-23-21(26)20(25)14(2)24(3,4)30-23)12-18(17)29-22(27)19(13)15-8-6-5-7-9-15/h5-12,14,20-21,23,25-26H,1-4H3/t14-,20+,21+,23?/m1/s1.